The lowest BCUT2D eigenvalue weighted by atomic mass is 9.69. The number of hydrogen-bond donors (Lipinski definition) is 0. The maximum absolute atomic E-state index is 7.48. The molecule has 0 amide bonds. The molecule has 3 nitrogen and oxygen atoms in total. The first kappa shape index (κ1) is 51.3. The van der Waals surface area contributed by atoms with Gasteiger partial charge < -0.3 is 14.5 Å². The average Bonchev–Trinajstić information content (AvgIpc) is 4.27. The van der Waals surface area contributed by atoms with Gasteiger partial charge >= 0.3 is 0 Å². The minimum atomic E-state index is -0.661. The maximum Gasteiger partial charge on any atom is 0.132 e. The van der Waals surface area contributed by atoms with Gasteiger partial charge in [0.25, 0.3) is 0 Å². The van der Waals surface area contributed by atoms with E-state index in [-0.39, 0.29) is 33.7 Å². The number of hydrogen-bond acceptors (Lipinski definition) is 3. The first-order valence-electron chi connectivity index (χ1n) is 28.9. The number of anilines is 6. The monoisotopic (exact) mass is 1040 g/mol. The predicted molar refractivity (Wildman–Crippen MR) is 338 cm³/mol. The maximum atomic E-state index is 7.48. The fourth-order valence-corrected chi connectivity index (χ4v) is 13.3. The van der Waals surface area contributed by atoms with E-state index in [9.17, 15) is 0 Å². The second kappa shape index (κ2) is 18.5. The number of rotatable bonds is 7. The van der Waals surface area contributed by atoms with Crippen molar-refractivity contribution in [3.05, 3.63) is 268 Å². The molecule has 1 aliphatic heterocycles. The van der Waals surface area contributed by atoms with Crippen LogP contribution < -0.4 is 14.5 Å². The number of fused-ring (bicyclic) bond motifs is 14. The highest BCUT2D eigenvalue weighted by Crippen LogP contribution is 2.67. The highest BCUT2D eigenvalue weighted by molar-refractivity contribution is 6.01. The normalized spacial score (nSPS) is 16.4. The number of ether oxygens (including phenoxy) is 1. The lowest BCUT2D eigenvalue weighted by Gasteiger charge is -2.33. The zero-order valence-corrected chi connectivity index (χ0v) is 48.7. The summed E-state index contributed by atoms with van der Waals surface area (Å²) in [4.78, 5) is 4.89. The Balaban J connectivity index is 1.06. The van der Waals surface area contributed by atoms with Gasteiger partial charge in [0.2, 0.25) is 0 Å². The van der Waals surface area contributed by atoms with E-state index in [1.54, 1.807) is 0 Å². The minimum absolute atomic E-state index is 0.0222. The van der Waals surface area contributed by atoms with Crippen LogP contribution in [-0.2, 0) is 27.1 Å². The molecule has 0 saturated heterocycles. The Morgan fingerprint density at radius 1 is 0.350 bits per heavy atom. The third-order valence-corrected chi connectivity index (χ3v) is 17.7. The van der Waals surface area contributed by atoms with Crippen LogP contribution in [0.2, 0.25) is 0 Å². The molecule has 2 atom stereocenters. The molecule has 0 bridgehead atoms. The van der Waals surface area contributed by atoms with Gasteiger partial charge in [0.1, 0.15) is 11.9 Å². The lowest BCUT2D eigenvalue weighted by molar-refractivity contribution is 0.270. The third kappa shape index (κ3) is 8.29. The van der Waals surface area contributed by atoms with Crippen molar-refractivity contribution < 1.29 is 4.74 Å². The summed E-state index contributed by atoms with van der Waals surface area (Å²) in [5.41, 5.74) is 25.1. The largest absolute Gasteiger partial charge is 0.484 e. The Labute approximate surface area is 476 Å². The summed E-state index contributed by atoms with van der Waals surface area (Å²) in [6.07, 6.45) is 8.85. The van der Waals surface area contributed by atoms with Crippen molar-refractivity contribution in [2.75, 3.05) is 9.80 Å². The fraction of sp³-hybridized carbons (Fsp3) is 0.247. The van der Waals surface area contributed by atoms with Crippen LogP contribution in [0.5, 0.6) is 5.75 Å². The molecule has 0 N–H and O–H groups in total. The van der Waals surface area contributed by atoms with Gasteiger partial charge in [-0.2, -0.15) is 0 Å². The summed E-state index contributed by atoms with van der Waals surface area (Å²) >= 11 is 0. The van der Waals surface area contributed by atoms with E-state index >= 15 is 0 Å². The molecule has 0 saturated carbocycles. The zero-order valence-electron chi connectivity index (χ0n) is 48.7. The molecule has 9 aromatic rings. The van der Waals surface area contributed by atoms with Crippen molar-refractivity contribution in [3.8, 4) is 39.1 Å². The van der Waals surface area contributed by atoms with Crippen molar-refractivity contribution in [2.24, 2.45) is 0 Å². The SMILES string of the molecule is CC(C)(C)c1ccc(N(c2ccc(C(C)(C)C)cc2)c2cccc(-c3cc4c(c5c3C3C=CC=CC3O5)-c3ccc(N(c5ccc(C(C)(C)C)cc5)c5ccc(C(C)(C)C)cc5)cc3C43c4ccccc4-c4ccccc43)c2)cc1. The van der Waals surface area contributed by atoms with Crippen molar-refractivity contribution >= 4 is 34.1 Å². The van der Waals surface area contributed by atoms with Gasteiger partial charge in [-0.3, -0.25) is 0 Å². The van der Waals surface area contributed by atoms with Gasteiger partial charge in [-0.25, -0.2) is 0 Å². The minimum Gasteiger partial charge on any atom is -0.484 e. The molecule has 13 rings (SSSR count). The van der Waals surface area contributed by atoms with Gasteiger partial charge in [0, 0.05) is 51.2 Å². The van der Waals surface area contributed by atoms with Crippen LogP contribution in [0, 0.1) is 0 Å². The summed E-state index contributed by atoms with van der Waals surface area (Å²) in [5, 5.41) is 0. The lowest BCUT2D eigenvalue weighted by Crippen LogP contribution is -2.26. The molecule has 9 aromatic carbocycles. The van der Waals surface area contributed by atoms with Crippen LogP contribution in [0.15, 0.2) is 218 Å². The molecule has 3 aliphatic carbocycles. The molecule has 398 valence electrons. The summed E-state index contributed by atoms with van der Waals surface area (Å²) in [6, 6.07) is 74.3. The first-order valence-corrected chi connectivity index (χ1v) is 28.9. The smallest absolute Gasteiger partial charge is 0.132 e. The predicted octanol–water partition coefficient (Wildman–Crippen LogP) is 20.8. The molecule has 0 fully saturated rings. The Hall–Kier alpha value is -8.14. The topological polar surface area (TPSA) is 15.7 Å². The van der Waals surface area contributed by atoms with Crippen LogP contribution in [0.4, 0.5) is 34.1 Å². The van der Waals surface area contributed by atoms with Crippen LogP contribution in [0.1, 0.15) is 139 Å². The second-order valence-electron chi connectivity index (χ2n) is 26.9. The average molecular weight is 1040 g/mol. The van der Waals surface area contributed by atoms with E-state index in [1.807, 2.05) is 0 Å². The van der Waals surface area contributed by atoms with E-state index in [0.717, 1.165) is 45.4 Å². The molecule has 1 heterocycles. The number of benzene rings is 9. The summed E-state index contributed by atoms with van der Waals surface area (Å²) in [5.74, 6) is 1.02. The Morgan fingerprint density at radius 3 is 1.24 bits per heavy atom. The van der Waals surface area contributed by atoms with Crippen molar-refractivity contribution in [1.82, 2.24) is 0 Å². The van der Waals surface area contributed by atoms with E-state index < -0.39 is 5.41 Å². The Kier molecular flexibility index (Phi) is 11.8. The molecule has 80 heavy (non-hydrogen) atoms. The molecule has 4 aliphatic rings. The highest BCUT2D eigenvalue weighted by Gasteiger charge is 2.54. The molecule has 0 aromatic heterocycles. The molecule has 3 heteroatoms. The van der Waals surface area contributed by atoms with E-state index in [2.05, 4.69) is 311 Å². The van der Waals surface area contributed by atoms with Crippen LogP contribution in [0.25, 0.3) is 33.4 Å². The van der Waals surface area contributed by atoms with E-state index in [1.165, 1.54) is 77.9 Å². The second-order valence-corrected chi connectivity index (χ2v) is 26.9. The molecule has 2 unspecified atom stereocenters. The summed E-state index contributed by atoms with van der Waals surface area (Å²) in [7, 11) is 0. The quantitative estimate of drug-likeness (QED) is 0.158. The van der Waals surface area contributed by atoms with E-state index in [4.69, 9.17) is 4.74 Å². The standard InChI is InChI=1S/C77H74N2O/c1-73(2,3)50-28-36-54(37-29-50)78(55-38-30-51(31-39-55)74(4,5)6)58-21-19-20-49(46-58)64-48-68-71(72-70(64)63-24-15-18-27-69(63)80-72)62-45-44-59(47-67(62)77(68)65-25-16-13-22-60(65)61-23-14-17-26-66(61)77)79(56-40-32-52(33-41-56)75(7,8)9)57-42-34-53(35-43-57)76(10,11)12/h13-48,63,69H,1-12H3. The van der Waals surface area contributed by atoms with Crippen LogP contribution >= 0.6 is 0 Å². The summed E-state index contributed by atoms with van der Waals surface area (Å²) in [6.45, 7) is 27.5. The van der Waals surface area contributed by atoms with E-state index in [0.29, 0.717) is 0 Å². The molecule has 0 radical (unpaired) electrons. The molecular formula is C77H74N2O. The van der Waals surface area contributed by atoms with Gasteiger partial charge in [0.15, 0.2) is 0 Å². The van der Waals surface area contributed by atoms with Crippen molar-refractivity contribution in [2.45, 2.75) is 122 Å². The van der Waals surface area contributed by atoms with Gasteiger partial charge in [-0.1, -0.05) is 217 Å². The first-order chi connectivity index (χ1) is 38.2. The molecule has 1 spiro atoms. The fourth-order valence-electron chi connectivity index (χ4n) is 13.3. The number of allylic oxidation sites excluding steroid dienone is 2. The zero-order chi connectivity index (χ0) is 55.7. The number of nitrogens with zero attached hydrogens (tertiary/aromatic N) is 2. The van der Waals surface area contributed by atoms with Gasteiger partial charge in [-0.15, -0.1) is 0 Å². The summed E-state index contributed by atoms with van der Waals surface area (Å²) < 4.78 is 7.48. The van der Waals surface area contributed by atoms with Crippen molar-refractivity contribution in [3.63, 3.8) is 0 Å². The Morgan fingerprint density at radius 2 is 0.775 bits per heavy atom. The molecular weight excluding hydrogens is 969 g/mol. The van der Waals surface area contributed by atoms with Crippen molar-refractivity contribution in [1.29, 1.82) is 0 Å². The van der Waals surface area contributed by atoms with Crippen LogP contribution in [-0.4, -0.2) is 6.10 Å². The Bertz CT molecular complexity index is 3780. The van der Waals surface area contributed by atoms with Crippen LogP contribution in [0.3, 0.4) is 0 Å². The van der Waals surface area contributed by atoms with Gasteiger partial charge in [0.05, 0.1) is 5.41 Å². The van der Waals surface area contributed by atoms with Gasteiger partial charge in [-0.05, 0) is 179 Å². The third-order valence-electron chi connectivity index (χ3n) is 17.7. The highest BCUT2D eigenvalue weighted by atomic mass is 16.5.